The normalized spacial score (nSPS) is 15.5. The standard InChI is InChI=1S/C15H28O3/c1-8-15(11(6)7,14(17)18)13(16)12(9(2)3)10(4)5/h9-12H,8H2,1-7H3,(H,17,18). The van der Waals surface area contributed by atoms with Gasteiger partial charge in [-0.25, -0.2) is 0 Å². The van der Waals surface area contributed by atoms with E-state index in [1.807, 2.05) is 41.5 Å². The molecule has 106 valence electrons. The second-order valence-corrected chi connectivity index (χ2v) is 6.16. The summed E-state index contributed by atoms with van der Waals surface area (Å²) in [4.78, 5) is 24.4. The van der Waals surface area contributed by atoms with Gasteiger partial charge >= 0.3 is 5.97 Å². The predicted molar refractivity (Wildman–Crippen MR) is 73.4 cm³/mol. The van der Waals surface area contributed by atoms with Gasteiger partial charge in [-0.2, -0.15) is 0 Å². The topological polar surface area (TPSA) is 54.4 Å². The minimum atomic E-state index is -1.24. The van der Waals surface area contributed by atoms with Gasteiger partial charge in [-0.15, -0.1) is 0 Å². The third-order valence-electron chi connectivity index (χ3n) is 4.10. The first-order valence-corrected chi connectivity index (χ1v) is 6.90. The molecule has 0 rings (SSSR count). The fourth-order valence-electron chi connectivity index (χ4n) is 3.04. The highest BCUT2D eigenvalue weighted by Gasteiger charge is 2.50. The van der Waals surface area contributed by atoms with Crippen molar-refractivity contribution in [3.63, 3.8) is 0 Å². The van der Waals surface area contributed by atoms with Gasteiger partial charge in [0.1, 0.15) is 5.41 Å². The highest BCUT2D eigenvalue weighted by atomic mass is 16.4. The Morgan fingerprint density at radius 2 is 1.39 bits per heavy atom. The number of aliphatic carboxylic acids is 1. The lowest BCUT2D eigenvalue weighted by atomic mass is 9.64. The number of hydrogen-bond donors (Lipinski definition) is 1. The summed E-state index contributed by atoms with van der Waals surface area (Å²) in [5.41, 5.74) is -1.24. The monoisotopic (exact) mass is 256 g/mol. The van der Waals surface area contributed by atoms with Crippen LogP contribution >= 0.6 is 0 Å². The molecule has 18 heavy (non-hydrogen) atoms. The number of carboxylic acids is 1. The fraction of sp³-hybridized carbons (Fsp3) is 0.867. The molecule has 0 aliphatic rings. The molecule has 0 fully saturated rings. The zero-order chi connectivity index (χ0) is 14.7. The molecule has 1 N–H and O–H groups in total. The number of rotatable bonds is 7. The van der Waals surface area contributed by atoms with Crippen molar-refractivity contribution in [2.45, 2.75) is 54.9 Å². The molecule has 0 aliphatic heterocycles. The molecule has 0 saturated heterocycles. The maximum Gasteiger partial charge on any atom is 0.317 e. The summed E-state index contributed by atoms with van der Waals surface area (Å²) in [5, 5.41) is 9.56. The predicted octanol–water partition coefficient (Wildman–Crippen LogP) is 3.62. The number of ketones is 1. The van der Waals surface area contributed by atoms with Gasteiger partial charge in [-0.05, 0) is 24.2 Å². The Hall–Kier alpha value is -0.860. The van der Waals surface area contributed by atoms with E-state index < -0.39 is 11.4 Å². The van der Waals surface area contributed by atoms with E-state index in [9.17, 15) is 14.7 Å². The first-order chi connectivity index (χ1) is 8.12. The summed E-state index contributed by atoms with van der Waals surface area (Å²) >= 11 is 0. The largest absolute Gasteiger partial charge is 0.480 e. The fourth-order valence-corrected chi connectivity index (χ4v) is 3.04. The van der Waals surface area contributed by atoms with E-state index >= 15 is 0 Å². The van der Waals surface area contributed by atoms with Crippen molar-refractivity contribution in [1.82, 2.24) is 0 Å². The molecule has 0 heterocycles. The van der Waals surface area contributed by atoms with Crippen LogP contribution in [0.25, 0.3) is 0 Å². The lowest BCUT2D eigenvalue weighted by molar-refractivity contribution is -0.161. The Balaban J connectivity index is 5.64. The molecule has 1 atom stereocenters. The molecule has 0 radical (unpaired) electrons. The second-order valence-electron chi connectivity index (χ2n) is 6.16. The molecule has 0 bridgehead atoms. The molecular formula is C15H28O3. The van der Waals surface area contributed by atoms with Gasteiger partial charge in [0, 0.05) is 5.92 Å². The van der Waals surface area contributed by atoms with E-state index in [2.05, 4.69) is 0 Å². The Labute approximate surface area is 111 Å². The molecule has 0 amide bonds. The van der Waals surface area contributed by atoms with E-state index in [4.69, 9.17) is 0 Å². The van der Waals surface area contributed by atoms with Crippen molar-refractivity contribution in [1.29, 1.82) is 0 Å². The first kappa shape index (κ1) is 17.1. The number of hydrogen-bond acceptors (Lipinski definition) is 2. The van der Waals surface area contributed by atoms with Crippen LogP contribution in [-0.4, -0.2) is 16.9 Å². The molecule has 3 nitrogen and oxygen atoms in total. The molecule has 0 aromatic rings. The lowest BCUT2D eigenvalue weighted by Gasteiger charge is -2.37. The van der Waals surface area contributed by atoms with Crippen molar-refractivity contribution >= 4 is 11.8 Å². The summed E-state index contributed by atoms with van der Waals surface area (Å²) in [6.07, 6.45) is 0.356. The van der Waals surface area contributed by atoms with Crippen LogP contribution in [0.1, 0.15) is 54.9 Å². The van der Waals surface area contributed by atoms with Gasteiger partial charge in [-0.1, -0.05) is 48.5 Å². The first-order valence-electron chi connectivity index (χ1n) is 6.90. The maximum absolute atomic E-state index is 12.8. The summed E-state index contributed by atoms with van der Waals surface area (Å²) < 4.78 is 0. The van der Waals surface area contributed by atoms with Gasteiger partial charge < -0.3 is 5.11 Å². The van der Waals surface area contributed by atoms with Crippen LogP contribution in [0, 0.1) is 29.1 Å². The summed E-state index contributed by atoms with van der Waals surface area (Å²) in [7, 11) is 0. The average molecular weight is 256 g/mol. The van der Waals surface area contributed by atoms with Gasteiger partial charge in [0.25, 0.3) is 0 Å². The minimum absolute atomic E-state index is 0.0995. The van der Waals surface area contributed by atoms with E-state index in [0.29, 0.717) is 6.42 Å². The van der Waals surface area contributed by atoms with Crippen LogP contribution < -0.4 is 0 Å². The molecule has 0 aromatic carbocycles. The summed E-state index contributed by atoms with van der Waals surface area (Å²) in [6, 6.07) is 0. The van der Waals surface area contributed by atoms with E-state index in [0.717, 1.165) is 0 Å². The summed E-state index contributed by atoms with van der Waals surface area (Å²) in [6.45, 7) is 13.4. The van der Waals surface area contributed by atoms with Crippen LogP contribution in [0.5, 0.6) is 0 Å². The molecule has 0 spiro atoms. The van der Waals surface area contributed by atoms with Crippen LogP contribution in [0.2, 0.25) is 0 Å². The molecule has 3 heteroatoms. The quantitative estimate of drug-likeness (QED) is 0.708. The third-order valence-corrected chi connectivity index (χ3v) is 4.10. The van der Waals surface area contributed by atoms with Crippen molar-refractivity contribution < 1.29 is 14.7 Å². The maximum atomic E-state index is 12.8. The molecule has 0 saturated carbocycles. The van der Waals surface area contributed by atoms with Crippen molar-refractivity contribution in [2.24, 2.45) is 29.1 Å². The number of carbonyl (C=O) groups excluding carboxylic acids is 1. The van der Waals surface area contributed by atoms with Gasteiger partial charge in [-0.3, -0.25) is 9.59 Å². The average Bonchev–Trinajstić information content (AvgIpc) is 2.16. The second kappa shape index (κ2) is 6.35. The van der Waals surface area contributed by atoms with E-state index in [1.165, 1.54) is 0 Å². The van der Waals surface area contributed by atoms with E-state index in [-0.39, 0.29) is 29.5 Å². The molecular weight excluding hydrogens is 228 g/mol. The third kappa shape index (κ3) is 2.93. The summed E-state index contributed by atoms with van der Waals surface area (Å²) in [5.74, 6) is -1.12. The number of carboxylic acid groups (broad SMARTS) is 1. The minimum Gasteiger partial charge on any atom is -0.480 e. The van der Waals surface area contributed by atoms with Gasteiger partial charge in [0.05, 0.1) is 0 Å². The highest BCUT2D eigenvalue weighted by Crippen LogP contribution is 2.39. The van der Waals surface area contributed by atoms with Crippen LogP contribution in [0.3, 0.4) is 0 Å². The Morgan fingerprint density at radius 1 is 1.00 bits per heavy atom. The molecule has 0 aliphatic carbocycles. The van der Waals surface area contributed by atoms with Crippen molar-refractivity contribution in [3.8, 4) is 0 Å². The van der Waals surface area contributed by atoms with Crippen LogP contribution in [0.15, 0.2) is 0 Å². The smallest absolute Gasteiger partial charge is 0.317 e. The molecule has 1 unspecified atom stereocenters. The lowest BCUT2D eigenvalue weighted by Crippen LogP contribution is -2.48. The Morgan fingerprint density at radius 3 is 1.56 bits per heavy atom. The SMILES string of the molecule is CCC(C(=O)O)(C(=O)C(C(C)C)C(C)C)C(C)C. The van der Waals surface area contributed by atoms with Gasteiger partial charge in [0.2, 0.25) is 0 Å². The molecule has 0 aromatic heterocycles. The Kier molecular flexibility index (Phi) is 6.05. The highest BCUT2D eigenvalue weighted by molar-refractivity contribution is 6.04. The number of carbonyl (C=O) groups is 2. The van der Waals surface area contributed by atoms with Crippen molar-refractivity contribution in [2.75, 3.05) is 0 Å². The van der Waals surface area contributed by atoms with Crippen molar-refractivity contribution in [3.05, 3.63) is 0 Å². The zero-order valence-corrected chi connectivity index (χ0v) is 12.8. The Bertz CT molecular complexity index is 297. The number of Topliss-reactive ketones (excluding diaryl/α,β-unsaturated/α-hetero) is 1. The van der Waals surface area contributed by atoms with Gasteiger partial charge in [0.15, 0.2) is 5.78 Å². The zero-order valence-electron chi connectivity index (χ0n) is 12.8. The van der Waals surface area contributed by atoms with Crippen LogP contribution in [-0.2, 0) is 9.59 Å². The van der Waals surface area contributed by atoms with E-state index in [1.54, 1.807) is 6.92 Å². The van der Waals surface area contributed by atoms with Crippen LogP contribution in [0.4, 0.5) is 0 Å².